The summed E-state index contributed by atoms with van der Waals surface area (Å²) in [6.45, 7) is 8.79. The number of aryl methyl sites for hydroxylation is 1. The Morgan fingerprint density at radius 2 is 1.71 bits per heavy atom. The zero-order chi connectivity index (χ0) is 22.4. The van der Waals surface area contributed by atoms with Crippen molar-refractivity contribution in [1.82, 2.24) is 14.8 Å². The second kappa shape index (κ2) is 10.1. The molecule has 0 saturated heterocycles. The Labute approximate surface area is 189 Å². The number of rotatable bonds is 8. The van der Waals surface area contributed by atoms with Crippen molar-refractivity contribution in [3.63, 3.8) is 0 Å². The lowest BCUT2D eigenvalue weighted by Gasteiger charge is -2.19. The molecule has 5 nitrogen and oxygen atoms in total. The van der Waals surface area contributed by atoms with Crippen molar-refractivity contribution in [1.29, 1.82) is 0 Å². The van der Waals surface area contributed by atoms with Crippen molar-refractivity contribution in [2.45, 2.75) is 57.5 Å². The first kappa shape index (κ1) is 23.1. The smallest absolute Gasteiger partial charge is 0.234 e. The highest BCUT2D eigenvalue weighted by molar-refractivity contribution is 7.99. The SMILES string of the molecule is CCCCc1ccc(NC(=O)CSc2nnc(-c3ccc(C(C)(C)C)cc3)n2C)cc1. The van der Waals surface area contributed by atoms with Gasteiger partial charge in [0.05, 0.1) is 5.75 Å². The van der Waals surface area contributed by atoms with E-state index < -0.39 is 0 Å². The molecule has 1 amide bonds. The number of unbranched alkanes of at least 4 members (excludes halogenated alkanes) is 1. The Morgan fingerprint density at radius 1 is 1.03 bits per heavy atom. The molecule has 3 rings (SSSR count). The van der Waals surface area contributed by atoms with Gasteiger partial charge in [0.25, 0.3) is 0 Å². The van der Waals surface area contributed by atoms with Gasteiger partial charge in [0, 0.05) is 18.3 Å². The van der Waals surface area contributed by atoms with E-state index in [1.54, 1.807) is 0 Å². The van der Waals surface area contributed by atoms with E-state index in [9.17, 15) is 4.79 Å². The minimum absolute atomic E-state index is 0.0506. The summed E-state index contributed by atoms with van der Waals surface area (Å²) in [6, 6.07) is 16.5. The molecule has 0 unspecified atom stereocenters. The zero-order valence-electron chi connectivity index (χ0n) is 19.1. The fraction of sp³-hybridized carbons (Fsp3) is 0.400. The van der Waals surface area contributed by atoms with Crippen LogP contribution in [0.5, 0.6) is 0 Å². The third-order valence-corrected chi connectivity index (χ3v) is 6.25. The number of carbonyl (C=O) groups is 1. The highest BCUT2D eigenvalue weighted by Gasteiger charge is 2.16. The molecule has 1 N–H and O–H groups in total. The van der Waals surface area contributed by atoms with Gasteiger partial charge >= 0.3 is 0 Å². The molecule has 0 bridgehead atoms. The van der Waals surface area contributed by atoms with Crippen LogP contribution in [0.25, 0.3) is 11.4 Å². The largest absolute Gasteiger partial charge is 0.325 e. The molecule has 0 saturated carbocycles. The summed E-state index contributed by atoms with van der Waals surface area (Å²) in [7, 11) is 1.93. The van der Waals surface area contributed by atoms with Gasteiger partial charge in [0.15, 0.2) is 11.0 Å². The Bertz CT molecular complexity index is 1000. The first-order valence-corrected chi connectivity index (χ1v) is 11.8. The van der Waals surface area contributed by atoms with Gasteiger partial charge in [0.2, 0.25) is 5.91 Å². The van der Waals surface area contributed by atoms with E-state index in [4.69, 9.17) is 0 Å². The molecule has 0 aliphatic rings. The maximum Gasteiger partial charge on any atom is 0.234 e. The summed E-state index contributed by atoms with van der Waals surface area (Å²) >= 11 is 1.39. The number of thioether (sulfide) groups is 1. The fourth-order valence-electron chi connectivity index (χ4n) is 3.27. The average Bonchev–Trinajstić information content (AvgIpc) is 3.11. The van der Waals surface area contributed by atoms with Gasteiger partial charge in [-0.05, 0) is 41.5 Å². The molecule has 0 radical (unpaired) electrons. The molecule has 6 heteroatoms. The van der Waals surface area contributed by atoms with E-state index >= 15 is 0 Å². The zero-order valence-corrected chi connectivity index (χ0v) is 19.9. The third kappa shape index (κ3) is 6.20. The Kier molecular flexibility index (Phi) is 7.55. The topological polar surface area (TPSA) is 59.8 Å². The molecule has 0 spiro atoms. The standard InChI is InChI=1S/C25H32N4OS/c1-6-7-8-18-9-15-21(16-10-18)26-22(30)17-31-24-28-27-23(29(24)5)19-11-13-20(14-12-19)25(2,3)4/h9-16H,6-8,17H2,1-5H3,(H,26,30). The predicted octanol–water partition coefficient (Wildman–Crippen LogP) is 5.85. The highest BCUT2D eigenvalue weighted by atomic mass is 32.2. The summed E-state index contributed by atoms with van der Waals surface area (Å²) in [5, 5.41) is 12.3. The number of nitrogens with zero attached hydrogens (tertiary/aromatic N) is 3. The monoisotopic (exact) mass is 436 g/mol. The van der Waals surface area contributed by atoms with Crippen molar-refractivity contribution in [3.8, 4) is 11.4 Å². The summed E-state index contributed by atoms with van der Waals surface area (Å²) in [6.07, 6.45) is 3.44. The maximum atomic E-state index is 12.4. The molecule has 3 aromatic rings. The number of amides is 1. The molecular weight excluding hydrogens is 404 g/mol. The van der Waals surface area contributed by atoms with Crippen LogP contribution in [-0.4, -0.2) is 26.4 Å². The van der Waals surface area contributed by atoms with Crippen molar-refractivity contribution < 1.29 is 4.79 Å². The number of nitrogens with one attached hydrogen (secondary N) is 1. The van der Waals surface area contributed by atoms with E-state index in [1.807, 2.05) is 23.7 Å². The summed E-state index contributed by atoms with van der Waals surface area (Å²) in [5.41, 5.74) is 4.54. The van der Waals surface area contributed by atoms with Crippen molar-refractivity contribution in [2.24, 2.45) is 7.05 Å². The molecule has 0 fully saturated rings. The highest BCUT2D eigenvalue weighted by Crippen LogP contribution is 2.27. The summed E-state index contributed by atoms with van der Waals surface area (Å²) in [4.78, 5) is 12.4. The van der Waals surface area contributed by atoms with Crippen LogP contribution in [-0.2, 0) is 23.7 Å². The maximum absolute atomic E-state index is 12.4. The number of aromatic nitrogens is 3. The Hall–Kier alpha value is -2.60. The first-order chi connectivity index (χ1) is 14.8. The molecule has 164 valence electrons. The second-order valence-corrected chi connectivity index (χ2v) is 9.77. The molecule has 0 aliphatic heterocycles. The van der Waals surface area contributed by atoms with Gasteiger partial charge in [-0.3, -0.25) is 4.79 Å². The fourth-order valence-corrected chi connectivity index (χ4v) is 3.99. The number of hydrogen-bond donors (Lipinski definition) is 1. The lowest BCUT2D eigenvalue weighted by molar-refractivity contribution is -0.113. The van der Waals surface area contributed by atoms with Gasteiger partial charge in [-0.2, -0.15) is 0 Å². The van der Waals surface area contributed by atoms with Crippen LogP contribution in [0.15, 0.2) is 53.7 Å². The molecular formula is C25H32N4OS. The molecule has 2 aromatic carbocycles. The van der Waals surface area contributed by atoms with E-state index in [0.29, 0.717) is 0 Å². The van der Waals surface area contributed by atoms with Crippen molar-refractivity contribution in [2.75, 3.05) is 11.1 Å². The van der Waals surface area contributed by atoms with Gasteiger partial charge in [-0.15, -0.1) is 10.2 Å². The van der Waals surface area contributed by atoms with Gasteiger partial charge in [-0.25, -0.2) is 0 Å². The first-order valence-electron chi connectivity index (χ1n) is 10.8. The van der Waals surface area contributed by atoms with Crippen LogP contribution in [0.2, 0.25) is 0 Å². The number of anilines is 1. The average molecular weight is 437 g/mol. The lowest BCUT2D eigenvalue weighted by atomic mass is 9.87. The third-order valence-electron chi connectivity index (χ3n) is 5.23. The molecule has 1 aromatic heterocycles. The van der Waals surface area contributed by atoms with Crippen LogP contribution >= 0.6 is 11.8 Å². The van der Waals surface area contributed by atoms with E-state index in [2.05, 4.69) is 79.6 Å². The van der Waals surface area contributed by atoms with Crippen LogP contribution in [0.4, 0.5) is 5.69 Å². The van der Waals surface area contributed by atoms with Crippen molar-refractivity contribution >= 4 is 23.4 Å². The van der Waals surface area contributed by atoms with Crippen molar-refractivity contribution in [3.05, 3.63) is 59.7 Å². The van der Waals surface area contributed by atoms with E-state index in [-0.39, 0.29) is 17.1 Å². The normalized spacial score (nSPS) is 11.5. The van der Waals surface area contributed by atoms with Gasteiger partial charge in [0.1, 0.15) is 0 Å². The Balaban J connectivity index is 1.57. The molecule has 31 heavy (non-hydrogen) atoms. The molecule has 1 heterocycles. The van der Waals surface area contributed by atoms with Gasteiger partial charge < -0.3 is 9.88 Å². The van der Waals surface area contributed by atoms with E-state index in [0.717, 1.165) is 28.7 Å². The Morgan fingerprint density at radius 3 is 2.32 bits per heavy atom. The van der Waals surface area contributed by atoms with Gasteiger partial charge in [-0.1, -0.05) is 82.3 Å². The summed E-state index contributed by atoms with van der Waals surface area (Å²) < 4.78 is 1.94. The molecule has 0 aliphatic carbocycles. The quantitative estimate of drug-likeness (QED) is 0.450. The molecule has 0 atom stereocenters. The number of hydrogen-bond acceptors (Lipinski definition) is 4. The number of benzene rings is 2. The van der Waals surface area contributed by atoms with Crippen LogP contribution < -0.4 is 5.32 Å². The second-order valence-electron chi connectivity index (χ2n) is 8.83. The lowest BCUT2D eigenvalue weighted by Crippen LogP contribution is -2.14. The minimum Gasteiger partial charge on any atom is -0.325 e. The summed E-state index contributed by atoms with van der Waals surface area (Å²) in [5.74, 6) is 1.03. The van der Waals surface area contributed by atoms with Crippen LogP contribution in [0.1, 0.15) is 51.7 Å². The minimum atomic E-state index is -0.0506. The van der Waals surface area contributed by atoms with Crippen LogP contribution in [0.3, 0.4) is 0 Å². The van der Waals surface area contributed by atoms with Crippen LogP contribution in [0, 0.1) is 0 Å². The number of carbonyl (C=O) groups excluding carboxylic acids is 1. The van der Waals surface area contributed by atoms with E-state index in [1.165, 1.54) is 35.7 Å². The predicted molar refractivity (Wildman–Crippen MR) is 130 cm³/mol.